The molecule has 2 heterocycles. The molecule has 0 spiro atoms. The van der Waals surface area contributed by atoms with Crippen molar-refractivity contribution >= 4 is 23.1 Å². The van der Waals surface area contributed by atoms with Crippen molar-refractivity contribution in [3.63, 3.8) is 0 Å². The van der Waals surface area contributed by atoms with Crippen LogP contribution in [0.3, 0.4) is 0 Å². The van der Waals surface area contributed by atoms with Crippen molar-refractivity contribution in [2.45, 2.75) is 26.0 Å². The van der Waals surface area contributed by atoms with E-state index in [0.717, 1.165) is 0 Å². The van der Waals surface area contributed by atoms with E-state index in [1.54, 1.807) is 80.0 Å². The average Bonchev–Trinajstić information content (AvgIpc) is 3.10. The molecule has 168 valence electrons. The van der Waals surface area contributed by atoms with E-state index in [-0.39, 0.29) is 17.4 Å². The van der Waals surface area contributed by atoms with Crippen LogP contribution in [-0.2, 0) is 9.59 Å². The number of hydrogen-bond acceptors (Lipinski definition) is 6. The zero-order chi connectivity index (χ0) is 23.5. The number of aromatic nitrogens is 1. The maximum atomic E-state index is 13.1. The summed E-state index contributed by atoms with van der Waals surface area (Å²) >= 11 is 0. The second kappa shape index (κ2) is 9.16. The minimum Gasteiger partial charge on any atom is -0.507 e. The van der Waals surface area contributed by atoms with Crippen LogP contribution in [0.1, 0.15) is 31.1 Å². The molecule has 33 heavy (non-hydrogen) atoms. The molecule has 1 aliphatic rings. The molecule has 0 saturated carbocycles. The molecule has 1 atom stereocenters. The van der Waals surface area contributed by atoms with E-state index >= 15 is 0 Å². The molecule has 1 N–H and O–H groups in total. The van der Waals surface area contributed by atoms with Crippen molar-refractivity contribution in [3.8, 4) is 11.5 Å². The summed E-state index contributed by atoms with van der Waals surface area (Å²) in [5.74, 6) is -0.523. The van der Waals surface area contributed by atoms with Crippen LogP contribution in [0.25, 0.3) is 5.76 Å². The van der Waals surface area contributed by atoms with Crippen LogP contribution < -0.4 is 14.4 Å². The number of aliphatic hydroxyl groups is 1. The Morgan fingerprint density at radius 3 is 2.21 bits per heavy atom. The van der Waals surface area contributed by atoms with Crippen LogP contribution >= 0.6 is 0 Å². The summed E-state index contributed by atoms with van der Waals surface area (Å²) in [6.07, 6.45) is 1.59. The van der Waals surface area contributed by atoms with Gasteiger partial charge < -0.3 is 14.6 Å². The van der Waals surface area contributed by atoms with Gasteiger partial charge in [-0.15, -0.1) is 0 Å². The molecule has 0 aliphatic carbocycles. The molecule has 1 aromatic heterocycles. The zero-order valence-corrected chi connectivity index (χ0v) is 18.6. The maximum Gasteiger partial charge on any atom is 0.300 e. The Hall–Kier alpha value is -4.13. The van der Waals surface area contributed by atoms with Gasteiger partial charge in [-0.3, -0.25) is 19.5 Å². The van der Waals surface area contributed by atoms with Crippen molar-refractivity contribution < 1.29 is 24.2 Å². The Morgan fingerprint density at radius 2 is 1.64 bits per heavy atom. The number of benzene rings is 2. The van der Waals surface area contributed by atoms with E-state index in [1.807, 2.05) is 13.8 Å². The highest BCUT2D eigenvalue weighted by Gasteiger charge is 2.47. The van der Waals surface area contributed by atoms with Crippen LogP contribution in [0, 0.1) is 0 Å². The molecule has 1 unspecified atom stereocenters. The van der Waals surface area contributed by atoms with Gasteiger partial charge in [-0.1, -0.05) is 6.07 Å². The first-order chi connectivity index (χ1) is 15.9. The first-order valence-electron chi connectivity index (χ1n) is 10.5. The molecule has 1 saturated heterocycles. The highest BCUT2D eigenvalue weighted by atomic mass is 16.5. The first kappa shape index (κ1) is 22.1. The Labute approximate surface area is 191 Å². The average molecular weight is 444 g/mol. The fourth-order valence-electron chi connectivity index (χ4n) is 3.78. The molecule has 1 aliphatic heterocycles. The summed E-state index contributed by atoms with van der Waals surface area (Å²) in [4.78, 5) is 32.0. The van der Waals surface area contributed by atoms with Crippen LogP contribution in [0.2, 0.25) is 0 Å². The van der Waals surface area contributed by atoms with Gasteiger partial charge in [-0.25, -0.2) is 0 Å². The van der Waals surface area contributed by atoms with E-state index in [4.69, 9.17) is 9.47 Å². The summed E-state index contributed by atoms with van der Waals surface area (Å²) in [5, 5.41) is 11.2. The number of Topliss-reactive ketones (excluding diaryl/α,β-unsaturated/α-hetero) is 1. The van der Waals surface area contributed by atoms with Crippen molar-refractivity contribution in [1.29, 1.82) is 0 Å². The van der Waals surface area contributed by atoms with E-state index in [1.165, 1.54) is 4.90 Å². The van der Waals surface area contributed by atoms with Gasteiger partial charge in [0.05, 0.1) is 24.5 Å². The number of nitrogens with zero attached hydrogens (tertiary/aromatic N) is 2. The van der Waals surface area contributed by atoms with Gasteiger partial charge in [0.15, 0.2) is 0 Å². The predicted molar refractivity (Wildman–Crippen MR) is 124 cm³/mol. The highest BCUT2D eigenvalue weighted by molar-refractivity contribution is 6.51. The molecular weight excluding hydrogens is 420 g/mol. The summed E-state index contributed by atoms with van der Waals surface area (Å²) in [7, 11) is 1.55. The highest BCUT2D eigenvalue weighted by Crippen LogP contribution is 2.41. The first-order valence-corrected chi connectivity index (χ1v) is 10.5. The third-order valence-electron chi connectivity index (χ3n) is 5.26. The number of carbonyl (C=O) groups excluding carboxylic acids is 2. The number of ketones is 1. The van der Waals surface area contributed by atoms with Crippen LogP contribution in [0.4, 0.5) is 5.69 Å². The summed E-state index contributed by atoms with van der Waals surface area (Å²) in [6, 6.07) is 17.9. The standard InChI is InChI=1S/C26H24N2O5/c1-16(2)33-20-11-7-17(8-12-20)24(29)22-23(21-6-4-5-15-27-21)28(26(31)25(22)30)18-9-13-19(32-3)14-10-18/h4-16,23,29H,1-3H3/b24-22-. The molecule has 0 bridgehead atoms. The molecular formula is C26H24N2O5. The lowest BCUT2D eigenvalue weighted by molar-refractivity contribution is -0.132. The largest absolute Gasteiger partial charge is 0.507 e. The summed E-state index contributed by atoms with van der Waals surface area (Å²) in [5.41, 5.74) is 1.34. The molecule has 2 aromatic carbocycles. The third-order valence-corrected chi connectivity index (χ3v) is 5.26. The minimum absolute atomic E-state index is 0.00317. The SMILES string of the molecule is COc1ccc(N2C(=O)C(=O)/C(=C(\O)c3ccc(OC(C)C)cc3)C2c2ccccn2)cc1. The molecule has 7 heteroatoms. The normalized spacial score (nSPS) is 17.5. The minimum atomic E-state index is -0.883. The smallest absolute Gasteiger partial charge is 0.300 e. The van der Waals surface area contributed by atoms with Gasteiger partial charge in [0.2, 0.25) is 0 Å². The fraction of sp³-hybridized carbons (Fsp3) is 0.192. The number of methoxy groups -OCH3 is 1. The number of aliphatic hydroxyl groups excluding tert-OH is 1. The Balaban J connectivity index is 1.83. The number of hydrogen-bond donors (Lipinski definition) is 1. The third kappa shape index (κ3) is 4.30. The van der Waals surface area contributed by atoms with Crippen LogP contribution in [-0.4, -0.2) is 35.0 Å². The monoisotopic (exact) mass is 444 g/mol. The van der Waals surface area contributed by atoms with Gasteiger partial charge in [0.1, 0.15) is 23.3 Å². The molecule has 7 nitrogen and oxygen atoms in total. The van der Waals surface area contributed by atoms with Crippen LogP contribution in [0.15, 0.2) is 78.5 Å². The number of ether oxygens (including phenoxy) is 2. The van der Waals surface area contributed by atoms with Crippen LogP contribution in [0.5, 0.6) is 11.5 Å². The predicted octanol–water partition coefficient (Wildman–Crippen LogP) is 4.50. The van der Waals surface area contributed by atoms with Crippen molar-refractivity contribution in [2.24, 2.45) is 0 Å². The van der Waals surface area contributed by atoms with E-state index < -0.39 is 17.7 Å². The number of pyridine rings is 1. The Bertz CT molecular complexity index is 1190. The molecule has 1 fully saturated rings. The molecule has 0 radical (unpaired) electrons. The maximum absolute atomic E-state index is 13.1. The molecule has 4 rings (SSSR count). The van der Waals surface area contributed by atoms with E-state index in [0.29, 0.717) is 28.4 Å². The van der Waals surface area contributed by atoms with Crippen molar-refractivity contribution in [3.05, 3.63) is 89.8 Å². The topological polar surface area (TPSA) is 89.0 Å². The van der Waals surface area contributed by atoms with Gasteiger partial charge in [0, 0.05) is 17.4 Å². The van der Waals surface area contributed by atoms with Gasteiger partial charge in [-0.2, -0.15) is 0 Å². The summed E-state index contributed by atoms with van der Waals surface area (Å²) < 4.78 is 10.8. The number of anilines is 1. The quantitative estimate of drug-likeness (QED) is 0.342. The van der Waals surface area contributed by atoms with Gasteiger partial charge in [0.25, 0.3) is 11.7 Å². The van der Waals surface area contributed by atoms with E-state index in [9.17, 15) is 14.7 Å². The van der Waals surface area contributed by atoms with Gasteiger partial charge >= 0.3 is 0 Å². The zero-order valence-electron chi connectivity index (χ0n) is 18.6. The summed E-state index contributed by atoms with van der Waals surface area (Å²) in [6.45, 7) is 3.84. The molecule has 1 amide bonds. The molecule has 3 aromatic rings. The van der Waals surface area contributed by atoms with E-state index in [2.05, 4.69) is 4.98 Å². The van der Waals surface area contributed by atoms with Crippen molar-refractivity contribution in [1.82, 2.24) is 4.98 Å². The Kier molecular flexibility index (Phi) is 6.13. The fourth-order valence-corrected chi connectivity index (χ4v) is 3.78. The number of rotatable bonds is 6. The number of amides is 1. The lowest BCUT2D eigenvalue weighted by Crippen LogP contribution is -2.29. The van der Waals surface area contributed by atoms with Crippen molar-refractivity contribution in [2.75, 3.05) is 12.0 Å². The second-order valence-corrected chi connectivity index (χ2v) is 7.81. The van der Waals surface area contributed by atoms with Gasteiger partial charge in [-0.05, 0) is 74.5 Å². The second-order valence-electron chi connectivity index (χ2n) is 7.81. The lowest BCUT2D eigenvalue weighted by atomic mass is 9.98. The Morgan fingerprint density at radius 1 is 0.970 bits per heavy atom. The lowest BCUT2D eigenvalue weighted by Gasteiger charge is -2.24. The number of carbonyl (C=O) groups is 2.